The molecule has 0 radical (unpaired) electrons. The molecule has 5 heteroatoms. The van der Waals surface area contributed by atoms with E-state index in [1.54, 1.807) is 11.3 Å². The third kappa shape index (κ3) is 5.14. The summed E-state index contributed by atoms with van der Waals surface area (Å²) in [6.07, 6.45) is 0. The van der Waals surface area contributed by atoms with Crippen molar-refractivity contribution in [1.29, 1.82) is 0 Å². The van der Waals surface area contributed by atoms with Gasteiger partial charge < -0.3 is 0 Å². The minimum Gasteiger partial charge on any atom is -0.246 e. The summed E-state index contributed by atoms with van der Waals surface area (Å²) in [5.74, 6) is 1.88. The van der Waals surface area contributed by atoms with Crippen molar-refractivity contribution in [2.45, 2.75) is 0 Å². The predicted molar refractivity (Wildman–Crippen MR) is 213 cm³/mol. The van der Waals surface area contributed by atoms with Crippen LogP contribution in [0.5, 0.6) is 0 Å². The van der Waals surface area contributed by atoms with Gasteiger partial charge in [-0.25, -0.2) is 19.9 Å². The van der Waals surface area contributed by atoms with Gasteiger partial charge in [-0.05, 0) is 40.1 Å². The summed E-state index contributed by atoms with van der Waals surface area (Å²) in [4.78, 5) is 20.5. The molecule has 0 bridgehead atoms. The Balaban J connectivity index is 1.15. The molecule has 0 saturated carbocycles. The van der Waals surface area contributed by atoms with Crippen LogP contribution in [0.15, 0.2) is 170 Å². The first-order valence-electron chi connectivity index (χ1n) is 17.0. The molecule has 0 aliphatic heterocycles. The number of fused-ring (bicyclic) bond motifs is 7. The Morgan fingerprint density at radius 1 is 0.353 bits per heavy atom. The lowest BCUT2D eigenvalue weighted by atomic mass is 9.98. The fourth-order valence-electron chi connectivity index (χ4n) is 7.04. The van der Waals surface area contributed by atoms with E-state index in [2.05, 4.69) is 133 Å². The molecule has 0 aliphatic rings. The normalized spacial score (nSPS) is 11.5. The van der Waals surface area contributed by atoms with E-state index in [0.717, 1.165) is 39.0 Å². The van der Waals surface area contributed by atoms with E-state index in [1.165, 1.54) is 41.9 Å². The molecule has 7 aromatic carbocycles. The zero-order valence-electron chi connectivity index (χ0n) is 27.4. The van der Waals surface area contributed by atoms with E-state index in [9.17, 15) is 0 Å². The lowest BCUT2D eigenvalue weighted by Gasteiger charge is -2.12. The molecular weight excluding hydrogens is 641 g/mol. The zero-order chi connectivity index (χ0) is 33.7. The quantitative estimate of drug-likeness (QED) is 0.171. The van der Waals surface area contributed by atoms with Crippen LogP contribution in [0.1, 0.15) is 0 Å². The number of hydrogen-bond acceptors (Lipinski definition) is 5. The average Bonchev–Trinajstić information content (AvgIpc) is 3.61. The van der Waals surface area contributed by atoms with Gasteiger partial charge in [0.1, 0.15) is 0 Å². The largest absolute Gasteiger partial charge is 0.246 e. The van der Waals surface area contributed by atoms with Crippen molar-refractivity contribution in [2.75, 3.05) is 0 Å². The van der Waals surface area contributed by atoms with E-state index in [4.69, 9.17) is 19.9 Å². The van der Waals surface area contributed by atoms with Crippen LogP contribution in [0.3, 0.4) is 0 Å². The molecule has 0 spiro atoms. The zero-order valence-corrected chi connectivity index (χ0v) is 28.2. The van der Waals surface area contributed by atoms with Crippen LogP contribution in [0.2, 0.25) is 0 Å². The molecule has 10 aromatic rings. The third-order valence-electron chi connectivity index (χ3n) is 9.51. The number of rotatable bonds is 5. The molecule has 4 nitrogen and oxygen atoms in total. The fraction of sp³-hybridized carbons (Fsp3) is 0. The fourth-order valence-corrected chi connectivity index (χ4v) is 8.26. The molecule has 238 valence electrons. The molecule has 0 fully saturated rings. The average molecular weight is 669 g/mol. The Morgan fingerprint density at radius 3 is 1.67 bits per heavy atom. The maximum absolute atomic E-state index is 5.37. The van der Waals surface area contributed by atoms with Crippen LogP contribution in [-0.4, -0.2) is 19.9 Å². The van der Waals surface area contributed by atoms with Gasteiger partial charge in [0.05, 0.1) is 15.9 Å². The van der Waals surface area contributed by atoms with E-state index in [1.807, 2.05) is 36.4 Å². The number of hydrogen-bond donors (Lipinski definition) is 0. The first-order valence-corrected chi connectivity index (χ1v) is 17.8. The summed E-state index contributed by atoms with van der Waals surface area (Å²) >= 11 is 1.80. The van der Waals surface area contributed by atoms with Gasteiger partial charge in [-0.15, -0.1) is 11.3 Å². The van der Waals surface area contributed by atoms with Crippen molar-refractivity contribution in [3.8, 4) is 56.5 Å². The highest BCUT2D eigenvalue weighted by Gasteiger charge is 2.19. The Labute approximate surface area is 298 Å². The SMILES string of the molecule is c1ccc(-c2ccc(-c3nc(-c4ccccc4)nc(-c4cccc(-c5nc6ccc7ccccc7c6c6c5sc5ccccc56)c4)n3)cc2)cc1. The first kappa shape index (κ1) is 29.4. The van der Waals surface area contributed by atoms with Gasteiger partial charge in [0.2, 0.25) is 0 Å². The molecule has 0 atom stereocenters. The standard InChI is InChI=1S/C46H28N4S/c1-3-12-29(13-4-1)30-22-24-33(25-23-30)45-48-44(32-15-5-2-6-16-32)49-46(50-45)35-18-11-17-34(28-35)42-43-41(37-20-9-10-21-39(37)51-43)40-36-19-8-7-14-31(36)26-27-38(40)47-42/h1-28H. The van der Waals surface area contributed by atoms with Crippen molar-refractivity contribution in [3.63, 3.8) is 0 Å². The minimum absolute atomic E-state index is 0.618. The van der Waals surface area contributed by atoms with Crippen molar-refractivity contribution in [3.05, 3.63) is 170 Å². The molecule has 51 heavy (non-hydrogen) atoms. The first-order chi connectivity index (χ1) is 25.3. The lowest BCUT2D eigenvalue weighted by Crippen LogP contribution is -2.00. The van der Waals surface area contributed by atoms with Crippen LogP contribution in [0.25, 0.3) is 98.4 Å². The smallest absolute Gasteiger partial charge is 0.164 e. The number of aromatic nitrogens is 4. The van der Waals surface area contributed by atoms with E-state index in [0.29, 0.717) is 17.5 Å². The maximum Gasteiger partial charge on any atom is 0.164 e. The van der Waals surface area contributed by atoms with Gasteiger partial charge in [-0.1, -0.05) is 152 Å². The van der Waals surface area contributed by atoms with Gasteiger partial charge >= 0.3 is 0 Å². The molecule has 0 amide bonds. The molecule has 3 heterocycles. The van der Waals surface area contributed by atoms with Crippen molar-refractivity contribution >= 4 is 53.2 Å². The summed E-state index contributed by atoms with van der Waals surface area (Å²) in [5, 5.41) is 6.15. The summed E-state index contributed by atoms with van der Waals surface area (Å²) in [6, 6.07) is 59.0. The second-order valence-corrected chi connectivity index (χ2v) is 13.7. The Morgan fingerprint density at radius 2 is 0.902 bits per heavy atom. The number of nitrogens with zero attached hydrogens (tertiary/aromatic N) is 4. The van der Waals surface area contributed by atoms with E-state index in [-0.39, 0.29) is 0 Å². The molecule has 0 N–H and O–H groups in total. The van der Waals surface area contributed by atoms with Gasteiger partial charge in [-0.3, -0.25) is 0 Å². The van der Waals surface area contributed by atoms with Crippen LogP contribution in [-0.2, 0) is 0 Å². The highest BCUT2D eigenvalue weighted by molar-refractivity contribution is 7.26. The highest BCUT2D eigenvalue weighted by Crippen LogP contribution is 2.45. The molecule has 0 unspecified atom stereocenters. The Hall–Kier alpha value is -6.56. The molecule has 3 aromatic heterocycles. The predicted octanol–water partition coefficient (Wildman–Crippen LogP) is 12.3. The number of thiophene rings is 1. The van der Waals surface area contributed by atoms with E-state index < -0.39 is 0 Å². The van der Waals surface area contributed by atoms with Gasteiger partial charge in [0.25, 0.3) is 0 Å². The van der Waals surface area contributed by atoms with E-state index >= 15 is 0 Å². The lowest BCUT2D eigenvalue weighted by molar-refractivity contribution is 1.07. The number of pyridine rings is 1. The summed E-state index contributed by atoms with van der Waals surface area (Å²) in [6.45, 7) is 0. The molecular formula is C46H28N4S. The van der Waals surface area contributed by atoms with Crippen molar-refractivity contribution < 1.29 is 0 Å². The summed E-state index contributed by atoms with van der Waals surface area (Å²) in [5.41, 5.74) is 8.07. The summed E-state index contributed by atoms with van der Waals surface area (Å²) < 4.78 is 2.43. The third-order valence-corrected chi connectivity index (χ3v) is 10.7. The molecule has 0 saturated heterocycles. The van der Waals surface area contributed by atoms with Gasteiger partial charge in [0.15, 0.2) is 17.5 Å². The van der Waals surface area contributed by atoms with Gasteiger partial charge in [0, 0.05) is 43.1 Å². The molecule has 10 rings (SSSR count). The summed E-state index contributed by atoms with van der Waals surface area (Å²) in [7, 11) is 0. The van der Waals surface area contributed by atoms with Gasteiger partial charge in [-0.2, -0.15) is 0 Å². The number of benzene rings is 7. The maximum atomic E-state index is 5.37. The van der Waals surface area contributed by atoms with Crippen LogP contribution in [0, 0.1) is 0 Å². The topological polar surface area (TPSA) is 51.6 Å². The molecule has 0 aliphatic carbocycles. The second-order valence-electron chi connectivity index (χ2n) is 12.6. The van der Waals surface area contributed by atoms with Crippen LogP contribution < -0.4 is 0 Å². The van der Waals surface area contributed by atoms with Crippen LogP contribution in [0.4, 0.5) is 0 Å². The Bertz CT molecular complexity index is 2900. The highest BCUT2D eigenvalue weighted by atomic mass is 32.1. The monoisotopic (exact) mass is 668 g/mol. The van der Waals surface area contributed by atoms with Crippen LogP contribution >= 0.6 is 11.3 Å². The van der Waals surface area contributed by atoms with Crippen molar-refractivity contribution in [2.24, 2.45) is 0 Å². The van der Waals surface area contributed by atoms with Crippen molar-refractivity contribution in [1.82, 2.24) is 19.9 Å². The minimum atomic E-state index is 0.618. The Kier molecular flexibility index (Phi) is 6.96. The second kappa shape index (κ2) is 12.1.